The van der Waals surface area contributed by atoms with Crippen molar-refractivity contribution in [2.75, 3.05) is 26.2 Å². The number of benzene rings is 1. The predicted molar refractivity (Wildman–Crippen MR) is 79.5 cm³/mol. The predicted octanol–water partition coefficient (Wildman–Crippen LogP) is 0.718. The van der Waals surface area contributed by atoms with Gasteiger partial charge in [0.1, 0.15) is 11.2 Å². The van der Waals surface area contributed by atoms with E-state index in [1.807, 2.05) is 36.1 Å². The first-order valence-electron chi connectivity index (χ1n) is 7.50. The number of rotatable bonds is 5. The van der Waals surface area contributed by atoms with E-state index in [0.29, 0.717) is 26.2 Å². The van der Waals surface area contributed by atoms with Gasteiger partial charge in [0.2, 0.25) is 5.91 Å². The van der Waals surface area contributed by atoms with Crippen molar-refractivity contribution >= 4 is 11.9 Å². The molecule has 1 aromatic carbocycles. The standard InChI is InChI=1S/C16H20N2O4/c1-2-22-12-5-3-11(4-6-12)7-18-8-13-14(19)17-9-16(13,10-18)15(20)21/h3-6,13H,2,7-10H2,1H3,(H,17,19)(H,20,21)/t13-,16+/m0/s1. The molecule has 1 amide bonds. The topological polar surface area (TPSA) is 78.9 Å². The van der Waals surface area contributed by atoms with Crippen LogP contribution in [0.2, 0.25) is 0 Å². The third-order valence-electron chi connectivity index (χ3n) is 4.57. The average molecular weight is 304 g/mol. The number of carboxylic acids is 1. The molecule has 0 aromatic heterocycles. The monoisotopic (exact) mass is 304 g/mol. The third-order valence-corrected chi connectivity index (χ3v) is 4.57. The number of hydrogen-bond donors (Lipinski definition) is 2. The highest BCUT2D eigenvalue weighted by atomic mass is 16.5. The number of nitrogens with zero attached hydrogens (tertiary/aromatic N) is 1. The fourth-order valence-corrected chi connectivity index (χ4v) is 3.42. The molecule has 0 saturated carbocycles. The molecule has 118 valence electrons. The van der Waals surface area contributed by atoms with Crippen LogP contribution in [0.3, 0.4) is 0 Å². The molecular formula is C16H20N2O4. The largest absolute Gasteiger partial charge is 0.494 e. The molecule has 2 heterocycles. The van der Waals surface area contributed by atoms with E-state index in [-0.39, 0.29) is 12.5 Å². The van der Waals surface area contributed by atoms with Gasteiger partial charge < -0.3 is 15.2 Å². The number of carbonyl (C=O) groups excluding carboxylic acids is 1. The van der Waals surface area contributed by atoms with Gasteiger partial charge in [-0.25, -0.2) is 0 Å². The summed E-state index contributed by atoms with van der Waals surface area (Å²) in [6.45, 7) is 4.33. The molecule has 0 aliphatic carbocycles. The Hall–Kier alpha value is -2.08. The maximum absolute atomic E-state index is 11.9. The molecule has 6 nitrogen and oxygen atoms in total. The van der Waals surface area contributed by atoms with Gasteiger partial charge in [-0.2, -0.15) is 0 Å². The van der Waals surface area contributed by atoms with Crippen LogP contribution in [0.15, 0.2) is 24.3 Å². The molecule has 6 heteroatoms. The summed E-state index contributed by atoms with van der Waals surface area (Å²) in [4.78, 5) is 25.5. The van der Waals surface area contributed by atoms with Crippen LogP contribution in [-0.2, 0) is 16.1 Å². The number of ether oxygens (including phenoxy) is 1. The van der Waals surface area contributed by atoms with Crippen LogP contribution in [0.5, 0.6) is 5.75 Å². The quantitative estimate of drug-likeness (QED) is 0.838. The second-order valence-corrected chi connectivity index (χ2v) is 5.98. The SMILES string of the molecule is CCOc1ccc(CN2C[C@H]3C(=O)NC[C@@]3(C(=O)O)C2)cc1. The van der Waals surface area contributed by atoms with Crippen molar-refractivity contribution in [1.29, 1.82) is 0 Å². The van der Waals surface area contributed by atoms with E-state index in [2.05, 4.69) is 5.32 Å². The second-order valence-electron chi connectivity index (χ2n) is 5.98. The van der Waals surface area contributed by atoms with Crippen LogP contribution < -0.4 is 10.1 Å². The van der Waals surface area contributed by atoms with Crippen LogP contribution in [0.25, 0.3) is 0 Å². The zero-order valence-corrected chi connectivity index (χ0v) is 12.5. The van der Waals surface area contributed by atoms with Crippen molar-refractivity contribution in [2.24, 2.45) is 11.3 Å². The minimum atomic E-state index is -0.970. The van der Waals surface area contributed by atoms with E-state index in [9.17, 15) is 14.7 Å². The Morgan fingerprint density at radius 1 is 1.45 bits per heavy atom. The van der Waals surface area contributed by atoms with Gasteiger partial charge in [0.15, 0.2) is 0 Å². The fraction of sp³-hybridized carbons (Fsp3) is 0.500. The first-order chi connectivity index (χ1) is 10.5. The van der Waals surface area contributed by atoms with Crippen molar-refractivity contribution in [1.82, 2.24) is 10.2 Å². The number of aliphatic carboxylic acids is 1. The maximum atomic E-state index is 11.9. The van der Waals surface area contributed by atoms with Crippen molar-refractivity contribution in [2.45, 2.75) is 13.5 Å². The molecule has 2 aliphatic heterocycles. The van der Waals surface area contributed by atoms with Gasteiger partial charge in [-0.05, 0) is 24.6 Å². The summed E-state index contributed by atoms with van der Waals surface area (Å²) in [5.74, 6) is -0.653. The Balaban J connectivity index is 1.70. The number of amides is 1. The molecule has 2 aliphatic rings. The van der Waals surface area contributed by atoms with E-state index >= 15 is 0 Å². The fourth-order valence-electron chi connectivity index (χ4n) is 3.42. The highest BCUT2D eigenvalue weighted by Crippen LogP contribution is 2.40. The van der Waals surface area contributed by atoms with Gasteiger partial charge in [-0.15, -0.1) is 0 Å². The third kappa shape index (κ3) is 2.43. The summed E-state index contributed by atoms with van der Waals surface area (Å²) in [6.07, 6.45) is 0. The highest BCUT2D eigenvalue weighted by Gasteiger charge is 2.59. The number of carboxylic acid groups (broad SMARTS) is 1. The Bertz CT molecular complexity index is 586. The van der Waals surface area contributed by atoms with Crippen LogP contribution >= 0.6 is 0 Å². The van der Waals surface area contributed by atoms with Gasteiger partial charge in [0, 0.05) is 26.2 Å². The summed E-state index contributed by atoms with van der Waals surface area (Å²) in [5, 5.41) is 12.2. The molecule has 2 saturated heterocycles. The molecule has 2 N–H and O–H groups in total. The molecule has 0 spiro atoms. The lowest BCUT2D eigenvalue weighted by Gasteiger charge is -2.22. The lowest BCUT2D eigenvalue weighted by Crippen LogP contribution is -2.40. The summed E-state index contributed by atoms with van der Waals surface area (Å²) in [5.41, 5.74) is 0.117. The minimum absolute atomic E-state index is 0.142. The van der Waals surface area contributed by atoms with Crippen LogP contribution in [0.1, 0.15) is 12.5 Å². The minimum Gasteiger partial charge on any atom is -0.494 e. The summed E-state index contributed by atoms with van der Waals surface area (Å²) in [7, 11) is 0. The van der Waals surface area contributed by atoms with E-state index in [1.54, 1.807) is 0 Å². The normalized spacial score (nSPS) is 27.5. The lowest BCUT2D eigenvalue weighted by atomic mass is 9.81. The number of likely N-dealkylation sites (tertiary alicyclic amines) is 1. The van der Waals surface area contributed by atoms with Crippen LogP contribution in [0, 0.1) is 11.3 Å². The number of fused-ring (bicyclic) bond motifs is 1. The smallest absolute Gasteiger partial charge is 0.313 e. The highest BCUT2D eigenvalue weighted by molar-refractivity contribution is 5.92. The molecule has 22 heavy (non-hydrogen) atoms. The zero-order valence-electron chi connectivity index (χ0n) is 12.5. The zero-order chi connectivity index (χ0) is 15.7. The van der Waals surface area contributed by atoms with E-state index < -0.39 is 17.3 Å². The molecular weight excluding hydrogens is 284 g/mol. The van der Waals surface area contributed by atoms with Crippen molar-refractivity contribution in [3.05, 3.63) is 29.8 Å². The van der Waals surface area contributed by atoms with E-state index in [0.717, 1.165) is 11.3 Å². The molecule has 0 bridgehead atoms. The lowest BCUT2D eigenvalue weighted by molar-refractivity contribution is -0.149. The van der Waals surface area contributed by atoms with E-state index in [1.165, 1.54) is 0 Å². The Morgan fingerprint density at radius 2 is 2.18 bits per heavy atom. The van der Waals surface area contributed by atoms with Crippen LogP contribution in [0.4, 0.5) is 0 Å². The van der Waals surface area contributed by atoms with Gasteiger partial charge >= 0.3 is 5.97 Å². The van der Waals surface area contributed by atoms with Crippen molar-refractivity contribution in [3.63, 3.8) is 0 Å². The van der Waals surface area contributed by atoms with Gasteiger partial charge in [0.25, 0.3) is 0 Å². The number of nitrogens with one attached hydrogen (secondary N) is 1. The Labute approximate surface area is 129 Å². The van der Waals surface area contributed by atoms with Crippen LogP contribution in [-0.4, -0.2) is 48.1 Å². The van der Waals surface area contributed by atoms with Gasteiger partial charge in [-0.3, -0.25) is 14.5 Å². The molecule has 0 radical (unpaired) electrons. The summed E-state index contributed by atoms with van der Waals surface area (Å²) < 4.78 is 5.41. The Morgan fingerprint density at radius 3 is 2.77 bits per heavy atom. The molecule has 2 atom stereocenters. The van der Waals surface area contributed by atoms with E-state index in [4.69, 9.17) is 4.74 Å². The maximum Gasteiger partial charge on any atom is 0.313 e. The Kier molecular flexibility index (Phi) is 3.78. The molecule has 3 rings (SSSR count). The molecule has 0 unspecified atom stereocenters. The number of carbonyl (C=O) groups is 2. The first kappa shape index (κ1) is 14.8. The first-order valence-corrected chi connectivity index (χ1v) is 7.50. The average Bonchev–Trinajstić information content (AvgIpc) is 3.00. The van der Waals surface area contributed by atoms with Crippen molar-refractivity contribution < 1.29 is 19.4 Å². The number of hydrogen-bond acceptors (Lipinski definition) is 4. The summed E-state index contributed by atoms with van der Waals surface area (Å²) >= 11 is 0. The van der Waals surface area contributed by atoms with Crippen molar-refractivity contribution in [3.8, 4) is 5.75 Å². The van der Waals surface area contributed by atoms with Gasteiger partial charge in [-0.1, -0.05) is 12.1 Å². The molecule has 2 fully saturated rings. The van der Waals surface area contributed by atoms with Gasteiger partial charge in [0.05, 0.1) is 12.5 Å². The molecule has 1 aromatic rings. The second kappa shape index (κ2) is 5.61. The summed E-state index contributed by atoms with van der Waals surface area (Å²) in [6, 6.07) is 7.78.